The van der Waals surface area contributed by atoms with Gasteiger partial charge in [-0.1, -0.05) is 18.2 Å². The molecule has 110 valence electrons. The molecule has 1 heterocycles. The molecule has 0 spiro atoms. The number of rotatable bonds is 5. The monoisotopic (exact) mass is 287 g/mol. The molecule has 2 aromatic rings. The molecule has 1 N–H and O–H groups in total. The maximum absolute atomic E-state index is 13.4. The number of carbonyl (C=O) groups is 1. The normalized spacial score (nSPS) is 11.0. The zero-order chi connectivity index (χ0) is 15.2. The van der Waals surface area contributed by atoms with Gasteiger partial charge in [-0.15, -0.1) is 0 Å². The van der Waals surface area contributed by atoms with Crippen LogP contribution in [-0.2, 0) is 17.9 Å². The van der Waals surface area contributed by atoms with Crippen molar-refractivity contribution >= 4 is 12.0 Å². The van der Waals surface area contributed by atoms with Gasteiger partial charge in [-0.3, -0.25) is 9.48 Å². The Morgan fingerprint density at radius 3 is 2.86 bits per heavy atom. The minimum absolute atomic E-state index is 0.170. The van der Waals surface area contributed by atoms with Gasteiger partial charge in [0.25, 0.3) is 0 Å². The van der Waals surface area contributed by atoms with Gasteiger partial charge in [0, 0.05) is 36.5 Å². The van der Waals surface area contributed by atoms with Gasteiger partial charge in [0.2, 0.25) is 5.91 Å². The van der Waals surface area contributed by atoms with E-state index in [-0.39, 0.29) is 18.3 Å². The highest BCUT2D eigenvalue weighted by atomic mass is 19.1. The van der Waals surface area contributed by atoms with Gasteiger partial charge < -0.3 is 5.32 Å². The highest BCUT2D eigenvalue weighted by Crippen LogP contribution is 2.08. The van der Waals surface area contributed by atoms with Crippen LogP contribution in [0, 0.1) is 12.7 Å². The molecule has 0 atom stereocenters. The predicted octanol–water partition coefficient (Wildman–Crippen LogP) is 2.68. The number of nitrogens with zero attached hydrogens (tertiary/aromatic N) is 2. The van der Waals surface area contributed by atoms with Crippen LogP contribution < -0.4 is 5.32 Å². The number of hydrogen-bond acceptors (Lipinski definition) is 2. The van der Waals surface area contributed by atoms with Crippen molar-refractivity contribution in [3.05, 3.63) is 59.2 Å². The summed E-state index contributed by atoms with van der Waals surface area (Å²) in [4.78, 5) is 11.7. The number of aromatic nitrogens is 2. The predicted molar refractivity (Wildman–Crippen MR) is 79.9 cm³/mol. The van der Waals surface area contributed by atoms with E-state index in [4.69, 9.17) is 0 Å². The van der Waals surface area contributed by atoms with Crippen LogP contribution in [0.15, 0.2) is 36.5 Å². The Balaban J connectivity index is 1.94. The van der Waals surface area contributed by atoms with Gasteiger partial charge in [-0.25, -0.2) is 4.39 Å². The van der Waals surface area contributed by atoms with Gasteiger partial charge >= 0.3 is 0 Å². The van der Waals surface area contributed by atoms with Crippen LogP contribution in [0.2, 0.25) is 0 Å². The Morgan fingerprint density at radius 2 is 2.19 bits per heavy atom. The topological polar surface area (TPSA) is 46.9 Å². The van der Waals surface area contributed by atoms with Crippen molar-refractivity contribution in [3.8, 4) is 0 Å². The summed E-state index contributed by atoms with van der Waals surface area (Å²) in [6.45, 7) is 4.85. The molecule has 0 fully saturated rings. The van der Waals surface area contributed by atoms with Crippen molar-refractivity contribution in [2.45, 2.75) is 26.9 Å². The zero-order valence-corrected chi connectivity index (χ0v) is 12.1. The third kappa shape index (κ3) is 4.02. The van der Waals surface area contributed by atoms with Crippen molar-refractivity contribution in [1.82, 2.24) is 15.1 Å². The van der Waals surface area contributed by atoms with Crippen LogP contribution >= 0.6 is 0 Å². The summed E-state index contributed by atoms with van der Waals surface area (Å²) in [6.07, 6.45) is 5.03. The molecule has 0 saturated heterocycles. The Kier molecular flexibility index (Phi) is 4.87. The second-order valence-electron chi connectivity index (χ2n) is 4.67. The zero-order valence-electron chi connectivity index (χ0n) is 12.1. The first-order valence-electron chi connectivity index (χ1n) is 6.83. The SMILES string of the molecule is CCn1cc(/C=C/C(=O)NCc2ccccc2F)c(C)n1. The molecule has 1 aromatic heterocycles. The maximum Gasteiger partial charge on any atom is 0.244 e. The van der Waals surface area contributed by atoms with E-state index in [1.807, 2.05) is 24.7 Å². The molecule has 0 bridgehead atoms. The molecule has 5 heteroatoms. The number of carbonyl (C=O) groups excluding carboxylic acids is 1. The molecule has 0 aliphatic carbocycles. The molecule has 1 aromatic carbocycles. The Hall–Kier alpha value is -2.43. The van der Waals surface area contributed by atoms with E-state index < -0.39 is 0 Å². The number of aryl methyl sites for hydroxylation is 2. The van der Waals surface area contributed by atoms with Crippen molar-refractivity contribution in [3.63, 3.8) is 0 Å². The molecule has 0 unspecified atom stereocenters. The van der Waals surface area contributed by atoms with Gasteiger partial charge in [0.1, 0.15) is 5.82 Å². The number of amides is 1. The molecular formula is C16H18FN3O. The summed E-state index contributed by atoms with van der Waals surface area (Å²) >= 11 is 0. The molecule has 0 aliphatic heterocycles. The Labute approximate surface area is 123 Å². The second kappa shape index (κ2) is 6.83. The van der Waals surface area contributed by atoms with E-state index in [0.29, 0.717) is 5.56 Å². The van der Waals surface area contributed by atoms with E-state index in [9.17, 15) is 9.18 Å². The van der Waals surface area contributed by atoms with E-state index in [1.54, 1.807) is 24.3 Å². The van der Waals surface area contributed by atoms with Gasteiger partial charge in [-0.05, 0) is 26.0 Å². The summed E-state index contributed by atoms with van der Waals surface area (Å²) in [6, 6.07) is 6.38. The Bertz CT molecular complexity index is 661. The quantitative estimate of drug-likeness (QED) is 0.859. The molecule has 1 amide bonds. The molecule has 21 heavy (non-hydrogen) atoms. The average Bonchev–Trinajstić information content (AvgIpc) is 2.84. The molecule has 4 nitrogen and oxygen atoms in total. The fourth-order valence-electron chi connectivity index (χ4n) is 1.91. The van der Waals surface area contributed by atoms with Crippen LogP contribution in [0.4, 0.5) is 4.39 Å². The highest BCUT2D eigenvalue weighted by Gasteiger charge is 2.03. The lowest BCUT2D eigenvalue weighted by Crippen LogP contribution is -2.20. The third-order valence-corrected chi connectivity index (χ3v) is 3.13. The molecule has 2 rings (SSSR count). The van der Waals surface area contributed by atoms with E-state index in [1.165, 1.54) is 12.1 Å². The molecule has 0 radical (unpaired) electrons. The standard InChI is InChI=1S/C16H18FN3O/c1-3-20-11-14(12(2)19-20)8-9-16(21)18-10-13-6-4-5-7-15(13)17/h4-9,11H,3,10H2,1-2H3,(H,18,21)/b9-8+. The lowest BCUT2D eigenvalue weighted by atomic mass is 10.2. The van der Waals surface area contributed by atoms with Crippen LogP contribution in [0.3, 0.4) is 0 Å². The smallest absolute Gasteiger partial charge is 0.244 e. The fraction of sp³-hybridized carbons (Fsp3) is 0.250. The molecule has 0 aliphatic rings. The minimum Gasteiger partial charge on any atom is -0.348 e. The largest absolute Gasteiger partial charge is 0.348 e. The van der Waals surface area contributed by atoms with Crippen molar-refractivity contribution in [1.29, 1.82) is 0 Å². The molecular weight excluding hydrogens is 269 g/mol. The summed E-state index contributed by atoms with van der Waals surface area (Å²) in [5.41, 5.74) is 2.24. The highest BCUT2D eigenvalue weighted by molar-refractivity contribution is 5.91. The summed E-state index contributed by atoms with van der Waals surface area (Å²) < 4.78 is 15.2. The third-order valence-electron chi connectivity index (χ3n) is 3.13. The van der Waals surface area contributed by atoms with Crippen LogP contribution in [0.25, 0.3) is 6.08 Å². The van der Waals surface area contributed by atoms with Crippen molar-refractivity contribution < 1.29 is 9.18 Å². The lowest BCUT2D eigenvalue weighted by molar-refractivity contribution is -0.116. The van der Waals surface area contributed by atoms with Crippen LogP contribution in [0.1, 0.15) is 23.7 Å². The first-order valence-corrected chi connectivity index (χ1v) is 6.83. The van der Waals surface area contributed by atoms with Crippen molar-refractivity contribution in [2.75, 3.05) is 0 Å². The number of benzene rings is 1. The minimum atomic E-state index is -0.318. The average molecular weight is 287 g/mol. The summed E-state index contributed by atoms with van der Waals surface area (Å²) in [5.74, 6) is -0.580. The summed E-state index contributed by atoms with van der Waals surface area (Å²) in [5, 5.41) is 6.95. The van der Waals surface area contributed by atoms with Crippen molar-refractivity contribution in [2.24, 2.45) is 0 Å². The van der Waals surface area contributed by atoms with E-state index in [2.05, 4.69) is 10.4 Å². The van der Waals surface area contributed by atoms with Crippen LogP contribution in [-0.4, -0.2) is 15.7 Å². The second-order valence-corrected chi connectivity index (χ2v) is 4.67. The first kappa shape index (κ1) is 15.0. The van der Waals surface area contributed by atoms with E-state index in [0.717, 1.165) is 17.8 Å². The fourth-order valence-corrected chi connectivity index (χ4v) is 1.91. The van der Waals surface area contributed by atoms with E-state index >= 15 is 0 Å². The first-order chi connectivity index (χ1) is 10.1. The van der Waals surface area contributed by atoms with Gasteiger partial charge in [0.15, 0.2) is 0 Å². The lowest BCUT2D eigenvalue weighted by Gasteiger charge is -2.03. The van der Waals surface area contributed by atoms with Crippen LogP contribution in [0.5, 0.6) is 0 Å². The maximum atomic E-state index is 13.4. The summed E-state index contributed by atoms with van der Waals surface area (Å²) in [7, 11) is 0. The van der Waals surface area contributed by atoms with Gasteiger partial charge in [-0.2, -0.15) is 5.10 Å². The number of nitrogens with one attached hydrogen (secondary N) is 1. The molecule has 0 saturated carbocycles. The number of halogens is 1. The van der Waals surface area contributed by atoms with Gasteiger partial charge in [0.05, 0.1) is 5.69 Å². The Morgan fingerprint density at radius 1 is 1.43 bits per heavy atom. The number of hydrogen-bond donors (Lipinski definition) is 1.